The van der Waals surface area contributed by atoms with E-state index in [2.05, 4.69) is 26.0 Å². The van der Waals surface area contributed by atoms with Crippen molar-refractivity contribution in [1.29, 1.82) is 0 Å². The minimum Gasteiger partial charge on any atom is -0.383 e. The Kier molecular flexibility index (Phi) is 5.65. The zero-order valence-corrected chi connectivity index (χ0v) is 14.8. The molecule has 8 nitrogen and oxygen atoms in total. The minimum atomic E-state index is -0.219. The number of ether oxygens (including phenoxy) is 1. The van der Waals surface area contributed by atoms with Crippen LogP contribution in [0, 0.1) is 0 Å². The van der Waals surface area contributed by atoms with Crippen molar-refractivity contribution in [3.63, 3.8) is 0 Å². The van der Waals surface area contributed by atoms with Gasteiger partial charge >= 0.3 is 6.03 Å². The number of fused-ring (bicyclic) bond motifs is 1. The molecule has 0 atom stereocenters. The monoisotopic (exact) mass is 354 g/mol. The predicted molar refractivity (Wildman–Crippen MR) is 100 cm³/mol. The normalized spacial score (nSPS) is 10.7. The number of imidazole rings is 1. The number of amides is 2. The van der Waals surface area contributed by atoms with Gasteiger partial charge in [0, 0.05) is 32.8 Å². The van der Waals surface area contributed by atoms with Gasteiger partial charge in [-0.3, -0.25) is 0 Å². The van der Waals surface area contributed by atoms with E-state index in [0.717, 1.165) is 28.3 Å². The smallest absolute Gasteiger partial charge is 0.315 e. The van der Waals surface area contributed by atoms with E-state index in [0.29, 0.717) is 19.7 Å². The first-order valence-electron chi connectivity index (χ1n) is 8.34. The first-order chi connectivity index (χ1) is 12.7. The van der Waals surface area contributed by atoms with Gasteiger partial charge in [-0.2, -0.15) is 0 Å². The summed E-state index contributed by atoms with van der Waals surface area (Å²) < 4.78 is 6.64. The molecule has 0 unspecified atom stereocenters. The Morgan fingerprint density at radius 1 is 1.23 bits per heavy atom. The summed E-state index contributed by atoms with van der Waals surface area (Å²) in [5, 5.41) is 13.0. The summed E-state index contributed by atoms with van der Waals surface area (Å²) >= 11 is 0. The van der Waals surface area contributed by atoms with E-state index in [9.17, 15) is 4.79 Å². The Labute approximate surface area is 151 Å². The lowest BCUT2D eigenvalue weighted by Gasteiger charge is -2.08. The van der Waals surface area contributed by atoms with Crippen LogP contribution in [0.5, 0.6) is 0 Å². The maximum Gasteiger partial charge on any atom is 0.315 e. The lowest BCUT2D eigenvalue weighted by molar-refractivity contribution is 0.196. The molecule has 8 heteroatoms. The number of rotatable bonds is 7. The van der Waals surface area contributed by atoms with Gasteiger partial charge in [0.2, 0.25) is 0 Å². The molecule has 2 amide bonds. The highest BCUT2D eigenvalue weighted by Crippen LogP contribution is 2.20. The van der Waals surface area contributed by atoms with Crippen LogP contribution in [-0.4, -0.2) is 47.9 Å². The summed E-state index contributed by atoms with van der Waals surface area (Å²) in [6.45, 7) is 1.40. The van der Waals surface area contributed by atoms with Crippen molar-refractivity contribution in [1.82, 2.24) is 25.2 Å². The highest BCUT2D eigenvalue weighted by atomic mass is 16.5. The van der Waals surface area contributed by atoms with Crippen LogP contribution < -0.4 is 16.0 Å². The van der Waals surface area contributed by atoms with E-state index >= 15 is 0 Å². The second kappa shape index (κ2) is 8.30. The fourth-order valence-corrected chi connectivity index (χ4v) is 2.51. The van der Waals surface area contributed by atoms with Gasteiger partial charge in [0.05, 0.1) is 18.5 Å². The number of aromatic nitrogens is 3. The Morgan fingerprint density at radius 2 is 2.12 bits per heavy atom. The third kappa shape index (κ3) is 4.28. The molecule has 0 aliphatic carbocycles. The Balaban J connectivity index is 1.70. The Morgan fingerprint density at radius 3 is 2.92 bits per heavy atom. The molecule has 26 heavy (non-hydrogen) atoms. The quantitative estimate of drug-likeness (QED) is 0.564. The zero-order chi connectivity index (χ0) is 18.4. The summed E-state index contributed by atoms with van der Waals surface area (Å²) in [6.07, 6.45) is 1.89. The number of nitrogens with zero attached hydrogens (tertiary/aromatic N) is 3. The van der Waals surface area contributed by atoms with Gasteiger partial charge in [-0.05, 0) is 23.8 Å². The number of benzene rings is 1. The van der Waals surface area contributed by atoms with E-state index in [1.54, 1.807) is 11.6 Å². The van der Waals surface area contributed by atoms with Crippen molar-refractivity contribution in [2.45, 2.75) is 6.54 Å². The molecule has 2 aromatic heterocycles. The van der Waals surface area contributed by atoms with Crippen LogP contribution in [-0.2, 0) is 11.3 Å². The van der Waals surface area contributed by atoms with Crippen LogP contribution >= 0.6 is 0 Å². The maximum atomic E-state index is 11.7. The molecule has 2 heterocycles. The average Bonchev–Trinajstić information content (AvgIpc) is 3.10. The van der Waals surface area contributed by atoms with Crippen LogP contribution in [0.4, 0.5) is 10.6 Å². The van der Waals surface area contributed by atoms with E-state index < -0.39 is 0 Å². The van der Waals surface area contributed by atoms with Crippen molar-refractivity contribution in [3.05, 3.63) is 48.2 Å². The molecular weight excluding hydrogens is 332 g/mol. The molecule has 0 bridgehead atoms. The number of carbonyl (C=O) groups is 1. The van der Waals surface area contributed by atoms with E-state index in [1.807, 2.05) is 49.6 Å². The molecule has 0 saturated heterocycles. The molecule has 0 fully saturated rings. The van der Waals surface area contributed by atoms with Gasteiger partial charge in [0.1, 0.15) is 5.82 Å². The number of hydrogen-bond donors (Lipinski definition) is 3. The predicted octanol–water partition coefficient (Wildman–Crippen LogP) is 1.88. The van der Waals surface area contributed by atoms with Crippen LogP contribution in [0.2, 0.25) is 0 Å². The number of anilines is 1. The lowest BCUT2D eigenvalue weighted by Crippen LogP contribution is -2.36. The van der Waals surface area contributed by atoms with Crippen molar-refractivity contribution in [2.75, 3.05) is 32.6 Å². The number of hydrogen-bond acceptors (Lipinski definition) is 5. The maximum absolute atomic E-state index is 11.7. The first-order valence-corrected chi connectivity index (χ1v) is 8.34. The van der Waals surface area contributed by atoms with Gasteiger partial charge < -0.3 is 20.7 Å². The average molecular weight is 354 g/mol. The fraction of sp³-hybridized carbons (Fsp3) is 0.278. The molecule has 0 aliphatic heterocycles. The summed E-state index contributed by atoms with van der Waals surface area (Å²) in [4.78, 5) is 16.3. The number of nitrogens with one attached hydrogen (secondary N) is 3. The van der Waals surface area contributed by atoms with Crippen LogP contribution in [0.25, 0.3) is 16.9 Å². The van der Waals surface area contributed by atoms with Crippen molar-refractivity contribution in [3.8, 4) is 11.3 Å². The van der Waals surface area contributed by atoms with Gasteiger partial charge in [0.25, 0.3) is 0 Å². The molecule has 0 radical (unpaired) electrons. The zero-order valence-electron chi connectivity index (χ0n) is 14.8. The number of urea groups is 1. The lowest BCUT2D eigenvalue weighted by atomic mass is 10.1. The largest absolute Gasteiger partial charge is 0.383 e. The van der Waals surface area contributed by atoms with Gasteiger partial charge in [-0.15, -0.1) is 5.10 Å². The molecule has 136 valence electrons. The molecule has 3 aromatic rings. The summed E-state index contributed by atoms with van der Waals surface area (Å²) in [7, 11) is 3.42. The molecule has 0 aliphatic rings. The second-order valence-corrected chi connectivity index (χ2v) is 5.70. The fourth-order valence-electron chi connectivity index (χ4n) is 2.51. The Bertz CT molecular complexity index is 892. The van der Waals surface area contributed by atoms with Gasteiger partial charge in [-0.1, -0.05) is 18.2 Å². The Hall–Kier alpha value is -3.13. The minimum absolute atomic E-state index is 0.219. The number of methoxy groups -OCH3 is 1. The van der Waals surface area contributed by atoms with E-state index in [1.165, 1.54) is 0 Å². The third-order valence-corrected chi connectivity index (χ3v) is 3.84. The van der Waals surface area contributed by atoms with Gasteiger partial charge in [-0.25, -0.2) is 14.3 Å². The summed E-state index contributed by atoms with van der Waals surface area (Å²) in [6, 6.07) is 11.5. The molecular formula is C18H22N6O2. The standard InChI is InChI=1S/C18H22N6O2/c1-19-16-6-7-17-22-15(12-24(17)23-16)14-5-3-4-13(10-14)11-21-18(25)20-8-9-26-2/h3-7,10,12H,8-9,11H2,1-2H3,(H,19,23)(H2,20,21,25). The van der Waals surface area contributed by atoms with Crippen LogP contribution in [0.1, 0.15) is 5.56 Å². The van der Waals surface area contributed by atoms with Crippen molar-refractivity contribution in [2.24, 2.45) is 0 Å². The van der Waals surface area contributed by atoms with E-state index in [-0.39, 0.29) is 6.03 Å². The third-order valence-electron chi connectivity index (χ3n) is 3.84. The van der Waals surface area contributed by atoms with Crippen molar-refractivity contribution >= 4 is 17.5 Å². The summed E-state index contributed by atoms with van der Waals surface area (Å²) in [5.41, 5.74) is 3.57. The van der Waals surface area contributed by atoms with Gasteiger partial charge in [0.15, 0.2) is 5.65 Å². The van der Waals surface area contributed by atoms with Crippen LogP contribution in [0.3, 0.4) is 0 Å². The molecule has 1 aromatic carbocycles. The first kappa shape index (κ1) is 17.7. The molecule has 3 rings (SSSR count). The molecule has 0 spiro atoms. The molecule has 0 saturated carbocycles. The highest BCUT2D eigenvalue weighted by Gasteiger charge is 2.07. The highest BCUT2D eigenvalue weighted by molar-refractivity contribution is 5.74. The number of carbonyl (C=O) groups excluding carboxylic acids is 1. The topological polar surface area (TPSA) is 92.6 Å². The molecule has 3 N–H and O–H groups in total. The second-order valence-electron chi connectivity index (χ2n) is 5.70. The van der Waals surface area contributed by atoms with E-state index in [4.69, 9.17) is 4.74 Å². The van der Waals surface area contributed by atoms with Crippen molar-refractivity contribution < 1.29 is 9.53 Å². The SMILES string of the molecule is CNc1ccc2nc(-c3cccc(CNC(=O)NCCOC)c3)cn2n1. The van der Waals surface area contributed by atoms with Crippen LogP contribution in [0.15, 0.2) is 42.6 Å². The summed E-state index contributed by atoms with van der Waals surface area (Å²) in [5.74, 6) is 0.777.